The summed E-state index contributed by atoms with van der Waals surface area (Å²) in [5, 5.41) is 4.07. The van der Waals surface area contributed by atoms with Crippen LogP contribution < -0.4 is 5.32 Å². The summed E-state index contributed by atoms with van der Waals surface area (Å²) in [6.45, 7) is 3.64. The molecule has 1 aliphatic heterocycles. The number of nitrogens with zero attached hydrogens (tertiary/aromatic N) is 3. The van der Waals surface area contributed by atoms with E-state index in [0.29, 0.717) is 38.9 Å². The fourth-order valence-electron chi connectivity index (χ4n) is 5.02. The molecule has 3 heterocycles. The predicted molar refractivity (Wildman–Crippen MR) is 141 cm³/mol. The molecule has 0 aliphatic carbocycles. The first-order valence-electron chi connectivity index (χ1n) is 12.5. The molecule has 0 bridgehead atoms. The number of carbonyl (C=O) groups is 2. The molecule has 5 rings (SSSR count). The Morgan fingerprint density at radius 1 is 0.972 bits per heavy atom. The minimum Gasteiger partial charge on any atom is -0.352 e. The summed E-state index contributed by atoms with van der Waals surface area (Å²) in [4.78, 5) is 36.9. The Morgan fingerprint density at radius 3 is 2.47 bits per heavy atom. The highest BCUT2D eigenvalue weighted by Gasteiger charge is 2.28. The van der Waals surface area contributed by atoms with E-state index in [0.717, 1.165) is 38.9 Å². The van der Waals surface area contributed by atoms with E-state index in [4.69, 9.17) is 4.98 Å². The number of para-hydroxylation sites is 1. The predicted octanol–water partition coefficient (Wildman–Crippen LogP) is 4.70. The van der Waals surface area contributed by atoms with Crippen LogP contribution in [0.4, 0.5) is 0 Å². The van der Waals surface area contributed by atoms with Gasteiger partial charge in [-0.3, -0.25) is 19.6 Å². The Morgan fingerprint density at radius 2 is 1.72 bits per heavy atom. The molecule has 2 amide bonds. The molecule has 4 aromatic rings. The van der Waals surface area contributed by atoms with Gasteiger partial charge in [0.2, 0.25) is 11.8 Å². The maximum Gasteiger partial charge on any atom is 0.227 e. The molecule has 0 spiro atoms. The number of piperidine rings is 1. The monoisotopic (exact) mass is 478 g/mol. The van der Waals surface area contributed by atoms with Gasteiger partial charge in [-0.05, 0) is 54.2 Å². The van der Waals surface area contributed by atoms with Gasteiger partial charge in [0.1, 0.15) is 0 Å². The molecule has 6 heteroatoms. The average molecular weight is 479 g/mol. The lowest BCUT2D eigenvalue weighted by Crippen LogP contribution is -2.43. The number of hydrogen-bond donors (Lipinski definition) is 1. The Bertz CT molecular complexity index is 1360. The first-order chi connectivity index (χ1) is 17.6. The van der Waals surface area contributed by atoms with E-state index in [1.54, 1.807) is 12.4 Å². The molecule has 1 aliphatic rings. The maximum absolute atomic E-state index is 13.4. The molecule has 6 nitrogen and oxygen atoms in total. The van der Waals surface area contributed by atoms with Crippen molar-refractivity contribution in [3.63, 3.8) is 0 Å². The summed E-state index contributed by atoms with van der Waals surface area (Å²) < 4.78 is 0. The number of pyridine rings is 2. The van der Waals surface area contributed by atoms with Gasteiger partial charge in [0, 0.05) is 49.0 Å². The normalized spacial score (nSPS) is 14.1. The topological polar surface area (TPSA) is 75.2 Å². The van der Waals surface area contributed by atoms with Crippen LogP contribution in [0.15, 0.2) is 79.1 Å². The second-order valence-corrected chi connectivity index (χ2v) is 9.34. The van der Waals surface area contributed by atoms with Crippen LogP contribution >= 0.6 is 0 Å². The quantitative estimate of drug-likeness (QED) is 0.436. The zero-order valence-corrected chi connectivity index (χ0v) is 20.5. The van der Waals surface area contributed by atoms with Crippen LogP contribution in [0.2, 0.25) is 0 Å². The standard InChI is InChI=1S/C30H30N4O2/c1-21-26(29(23-9-3-2-4-10-23)25-11-5-6-12-27(25)33-21)18-28(35)34-16-13-24(14-17-34)30(36)32-20-22-8-7-15-31-19-22/h2-12,15,19,24H,13-14,16-18,20H2,1H3,(H,32,36). The van der Waals surface area contributed by atoms with Gasteiger partial charge in [0.25, 0.3) is 0 Å². The number of rotatable bonds is 6. The number of aryl methyl sites for hydroxylation is 1. The van der Waals surface area contributed by atoms with Crippen molar-refractivity contribution in [1.29, 1.82) is 0 Å². The van der Waals surface area contributed by atoms with Crippen LogP contribution in [0.3, 0.4) is 0 Å². The van der Waals surface area contributed by atoms with Crippen molar-refractivity contribution < 1.29 is 9.59 Å². The van der Waals surface area contributed by atoms with Crippen molar-refractivity contribution in [3.05, 3.63) is 95.9 Å². The van der Waals surface area contributed by atoms with E-state index in [2.05, 4.69) is 28.5 Å². The van der Waals surface area contributed by atoms with E-state index >= 15 is 0 Å². The molecule has 2 aromatic carbocycles. The Hall–Kier alpha value is -4.06. The van der Waals surface area contributed by atoms with Crippen LogP contribution in [0, 0.1) is 12.8 Å². The lowest BCUT2D eigenvalue weighted by Gasteiger charge is -2.32. The minimum atomic E-state index is -0.0744. The molecule has 0 radical (unpaired) electrons. The molecule has 0 saturated carbocycles. The van der Waals surface area contributed by atoms with Gasteiger partial charge in [-0.2, -0.15) is 0 Å². The van der Waals surface area contributed by atoms with Crippen molar-refractivity contribution in [3.8, 4) is 11.1 Å². The molecule has 2 aromatic heterocycles. The van der Waals surface area contributed by atoms with E-state index < -0.39 is 0 Å². The van der Waals surface area contributed by atoms with Gasteiger partial charge >= 0.3 is 0 Å². The van der Waals surface area contributed by atoms with E-state index in [1.165, 1.54) is 0 Å². The maximum atomic E-state index is 13.4. The van der Waals surface area contributed by atoms with E-state index in [1.807, 2.05) is 60.4 Å². The average Bonchev–Trinajstić information content (AvgIpc) is 2.93. The zero-order valence-electron chi connectivity index (χ0n) is 20.5. The Balaban J connectivity index is 1.28. The van der Waals surface area contributed by atoms with Crippen LogP contribution in [0.1, 0.15) is 29.7 Å². The molecule has 36 heavy (non-hydrogen) atoms. The van der Waals surface area contributed by atoms with E-state index in [-0.39, 0.29) is 17.7 Å². The molecule has 182 valence electrons. The van der Waals surface area contributed by atoms with Crippen LogP contribution in [-0.4, -0.2) is 39.8 Å². The first kappa shape index (κ1) is 23.7. The molecule has 0 unspecified atom stereocenters. The fourth-order valence-corrected chi connectivity index (χ4v) is 5.02. The first-order valence-corrected chi connectivity index (χ1v) is 12.5. The summed E-state index contributed by atoms with van der Waals surface area (Å²) in [6.07, 6.45) is 5.12. The summed E-state index contributed by atoms with van der Waals surface area (Å²) in [7, 11) is 0. The molecule has 1 saturated heterocycles. The number of nitrogens with one attached hydrogen (secondary N) is 1. The number of benzene rings is 2. The minimum absolute atomic E-state index is 0.0480. The van der Waals surface area contributed by atoms with Gasteiger partial charge < -0.3 is 10.2 Å². The Labute approximate surface area is 211 Å². The summed E-state index contributed by atoms with van der Waals surface area (Å²) in [5.74, 6) is 0.0585. The van der Waals surface area contributed by atoms with Crippen molar-refractivity contribution in [2.24, 2.45) is 5.92 Å². The second kappa shape index (κ2) is 10.7. The van der Waals surface area contributed by atoms with Gasteiger partial charge in [0.15, 0.2) is 0 Å². The largest absolute Gasteiger partial charge is 0.352 e. The van der Waals surface area contributed by atoms with Crippen LogP contribution in [0.25, 0.3) is 22.0 Å². The van der Waals surface area contributed by atoms with Gasteiger partial charge in [-0.15, -0.1) is 0 Å². The highest BCUT2D eigenvalue weighted by atomic mass is 16.2. The number of hydrogen-bond acceptors (Lipinski definition) is 4. The third-order valence-electron chi connectivity index (χ3n) is 7.00. The highest BCUT2D eigenvalue weighted by Crippen LogP contribution is 2.33. The van der Waals surface area contributed by atoms with Crippen molar-refractivity contribution in [1.82, 2.24) is 20.2 Å². The van der Waals surface area contributed by atoms with Crippen molar-refractivity contribution in [2.45, 2.75) is 32.7 Å². The lowest BCUT2D eigenvalue weighted by atomic mass is 9.91. The van der Waals surface area contributed by atoms with Crippen molar-refractivity contribution >= 4 is 22.7 Å². The van der Waals surface area contributed by atoms with Gasteiger partial charge in [-0.25, -0.2) is 0 Å². The summed E-state index contributed by atoms with van der Waals surface area (Å²) in [6, 6.07) is 22.1. The number of fused-ring (bicyclic) bond motifs is 1. The fraction of sp³-hybridized carbons (Fsp3) is 0.267. The Kier molecular flexibility index (Phi) is 7.03. The number of carbonyl (C=O) groups excluding carboxylic acids is 2. The molecule has 1 fully saturated rings. The molecular weight excluding hydrogens is 448 g/mol. The van der Waals surface area contributed by atoms with Crippen molar-refractivity contribution in [2.75, 3.05) is 13.1 Å². The third kappa shape index (κ3) is 5.13. The van der Waals surface area contributed by atoms with Crippen LogP contribution in [0.5, 0.6) is 0 Å². The van der Waals surface area contributed by atoms with Crippen LogP contribution in [-0.2, 0) is 22.6 Å². The summed E-state index contributed by atoms with van der Waals surface area (Å²) in [5.41, 5.74) is 5.93. The highest BCUT2D eigenvalue weighted by molar-refractivity contribution is 5.98. The third-order valence-corrected chi connectivity index (χ3v) is 7.00. The SMILES string of the molecule is Cc1nc2ccccc2c(-c2ccccc2)c1CC(=O)N1CCC(C(=O)NCc2cccnc2)CC1. The number of likely N-dealkylation sites (tertiary alicyclic amines) is 1. The lowest BCUT2D eigenvalue weighted by molar-refractivity contribution is -0.135. The number of aromatic nitrogens is 2. The summed E-state index contributed by atoms with van der Waals surface area (Å²) >= 11 is 0. The smallest absolute Gasteiger partial charge is 0.227 e. The molecular formula is C30H30N4O2. The number of amides is 2. The zero-order chi connectivity index (χ0) is 24.9. The second-order valence-electron chi connectivity index (χ2n) is 9.34. The van der Waals surface area contributed by atoms with E-state index in [9.17, 15) is 9.59 Å². The van der Waals surface area contributed by atoms with Gasteiger partial charge in [-0.1, -0.05) is 54.6 Å². The van der Waals surface area contributed by atoms with Gasteiger partial charge in [0.05, 0.1) is 11.9 Å². The molecule has 0 atom stereocenters. The molecule has 1 N–H and O–H groups in total.